The van der Waals surface area contributed by atoms with Crippen LogP contribution in [-0.4, -0.2) is 16.5 Å². The Bertz CT molecular complexity index is 611. The molecule has 2 rings (SSSR count). The summed E-state index contributed by atoms with van der Waals surface area (Å²) in [7, 11) is 0. The maximum absolute atomic E-state index is 6.22. The van der Waals surface area contributed by atoms with Gasteiger partial charge in [-0.15, -0.1) is 0 Å². The van der Waals surface area contributed by atoms with Crippen molar-refractivity contribution in [2.24, 2.45) is 0 Å². The van der Waals surface area contributed by atoms with Crippen molar-refractivity contribution < 1.29 is 0 Å². The second-order valence-electron chi connectivity index (χ2n) is 5.10. The first kappa shape index (κ1) is 15.8. The fraction of sp³-hybridized carbons (Fsp3) is 0.412. The van der Waals surface area contributed by atoms with E-state index in [4.69, 9.17) is 16.6 Å². The van der Waals surface area contributed by atoms with Crippen LogP contribution in [0.4, 0.5) is 5.82 Å². The van der Waals surface area contributed by atoms with E-state index in [1.165, 1.54) is 5.56 Å². The topological polar surface area (TPSA) is 37.8 Å². The molecule has 21 heavy (non-hydrogen) atoms. The number of anilines is 1. The molecule has 0 fully saturated rings. The number of hydrogen-bond donors (Lipinski definition) is 1. The molecule has 0 saturated heterocycles. The molecule has 3 nitrogen and oxygen atoms in total. The second kappa shape index (κ2) is 7.41. The molecular weight excluding hydrogens is 282 g/mol. The lowest BCUT2D eigenvalue weighted by Crippen LogP contribution is -2.11. The zero-order chi connectivity index (χ0) is 15.2. The summed E-state index contributed by atoms with van der Waals surface area (Å²) < 4.78 is 0. The van der Waals surface area contributed by atoms with Gasteiger partial charge in [-0.25, -0.2) is 9.97 Å². The van der Waals surface area contributed by atoms with Gasteiger partial charge in [0.25, 0.3) is 0 Å². The third-order valence-corrected chi connectivity index (χ3v) is 3.83. The number of nitrogens with one attached hydrogen (secondary N) is 1. The van der Waals surface area contributed by atoms with Gasteiger partial charge in [0, 0.05) is 29.2 Å². The maximum Gasteiger partial charge on any atom is 0.135 e. The van der Waals surface area contributed by atoms with E-state index >= 15 is 0 Å². The van der Waals surface area contributed by atoms with Gasteiger partial charge in [-0.3, -0.25) is 0 Å². The predicted octanol–water partition coefficient (Wildman–Crippen LogP) is 4.41. The van der Waals surface area contributed by atoms with E-state index in [-0.39, 0.29) is 0 Å². The lowest BCUT2D eigenvalue weighted by molar-refractivity contribution is 0.886. The number of aromatic nitrogens is 2. The Balaban J connectivity index is 2.32. The number of halogens is 1. The Hall–Kier alpha value is -1.61. The molecule has 0 aliphatic rings. The van der Waals surface area contributed by atoms with E-state index in [0.717, 1.165) is 47.3 Å². The molecule has 112 valence electrons. The maximum atomic E-state index is 6.22. The molecule has 0 aliphatic carbocycles. The SMILES string of the molecule is CCCNc1nc(Cc2ccccc2Cl)nc(C)c1CC. The fourth-order valence-electron chi connectivity index (χ4n) is 2.36. The van der Waals surface area contributed by atoms with Crippen LogP contribution < -0.4 is 5.32 Å². The summed E-state index contributed by atoms with van der Waals surface area (Å²) in [6, 6.07) is 7.85. The Morgan fingerprint density at radius 1 is 1.14 bits per heavy atom. The van der Waals surface area contributed by atoms with Crippen molar-refractivity contribution >= 4 is 17.4 Å². The van der Waals surface area contributed by atoms with Gasteiger partial charge < -0.3 is 5.32 Å². The summed E-state index contributed by atoms with van der Waals surface area (Å²) in [6.07, 6.45) is 2.67. The van der Waals surface area contributed by atoms with Gasteiger partial charge in [0.05, 0.1) is 0 Å². The highest BCUT2D eigenvalue weighted by Crippen LogP contribution is 2.21. The van der Waals surface area contributed by atoms with Crippen LogP contribution in [-0.2, 0) is 12.8 Å². The van der Waals surface area contributed by atoms with Crippen molar-refractivity contribution in [2.45, 2.75) is 40.0 Å². The molecule has 0 unspecified atom stereocenters. The lowest BCUT2D eigenvalue weighted by Gasteiger charge is -2.13. The average Bonchev–Trinajstić information content (AvgIpc) is 2.47. The molecule has 2 aromatic rings. The van der Waals surface area contributed by atoms with Crippen molar-refractivity contribution in [2.75, 3.05) is 11.9 Å². The first-order valence-corrected chi connectivity index (χ1v) is 7.87. The number of benzene rings is 1. The normalized spacial score (nSPS) is 10.7. The minimum absolute atomic E-state index is 0.658. The van der Waals surface area contributed by atoms with E-state index in [1.54, 1.807) is 0 Å². The van der Waals surface area contributed by atoms with Crippen molar-refractivity contribution in [1.82, 2.24) is 9.97 Å². The lowest BCUT2D eigenvalue weighted by atomic mass is 10.1. The standard InChI is InChI=1S/C17H22ClN3/c1-4-10-19-17-14(5-2)12(3)20-16(21-17)11-13-8-6-7-9-15(13)18/h6-9H,4-5,10-11H2,1-3H3,(H,19,20,21). The molecule has 0 bridgehead atoms. The second-order valence-corrected chi connectivity index (χ2v) is 5.51. The van der Waals surface area contributed by atoms with Crippen molar-refractivity contribution in [3.63, 3.8) is 0 Å². The average molecular weight is 304 g/mol. The van der Waals surface area contributed by atoms with Crippen LogP contribution in [0, 0.1) is 6.92 Å². The largest absolute Gasteiger partial charge is 0.370 e. The molecule has 1 aromatic carbocycles. The van der Waals surface area contributed by atoms with Gasteiger partial charge in [-0.05, 0) is 31.4 Å². The van der Waals surface area contributed by atoms with E-state index in [0.29, 0.717) is 6.42 Å². The minimum atomic E-state index is 0.658. The smallest absolute Gasteiger partial charge is 0.135 e. The van der Waals surface area contributed by atoms with Gasteiger partial charge in [0.15, 0.2) is 0 Å². The van der Waals surface area contributed by atoms with Gasteiger partial charge in [0.1, 0.15) is 11.6 Å². The zero-order valence-corrected chi connectivity index (χ0v) is 13.7. The number of aryl methyl sites for hydroxylation is 1. The van der Waals surface area contributed by atoms with E-state index in [1.807, 2.05) is 31.2 Å². The van der Waals surface area contributed by atoms with Gasteiger partial charge in [-0.2, -0.15) is 0 Å². The van der Waals surface area contributed by atoms with Crippen molar-refractivity contribution in [3.8, 4) is 0 Å². The van der Waals surface area contributed by atoms with E-state index in [9.17, 15) is 0 Å². The first-order chi connectivity index (χ1) is 10.2. The van der Waals surface area contributed by atoms with Gasteiger partial charge in [-0.1, -0.05) is 43.6 Å². The van der Waals surface area contributed by atoms with Gasteiger partial charge in [0.2, 0.25) is 0 Å². The Kier molecular flexibility index (Phi) is 5.57. The van der Waals surface area contributed by atoms with Crippen LogP contribution >= 0.6 is 11.6 Å². The highest BCUT2D eigenvalue weighted by atomic mass is 35.5. The molecular formula is C17H22ClN3. The van der Waals surface area contributed by atoms with E-state index in [2.05, 4.69) is 24.1 Å². The van der Waals surface area contributed by atoms with Gasteiger partial charge >= 0.3 is 0 Å². The highest BCUT2D eigenvalue weighted by Gasteiger charge is 2.11. The molecule has 1 heterocycles. The van der Waals surface area contributed by atoms with Crippen LogP contribution in [0.2, 0.25) is 5.02 Å². The molecule has 0 atom stereocenters. The van der Waals surface area contributed by atoms with Crippen LogP contribution in [0.15, 0.2) is 24.3 Å². The third-order valence-electron chi connectivity index (χ3n) is 3.46. The summed E-state index contributed by atoms with van der Waals surface area (Å²) in [5.41, 5.74) is 3.31. The Morgan fingerprint density at radius 2 is 1.90 bits per heavy atom. The quantitative estimate of drug-likeness (QED) is 0.858. The molecule has 4 heteroatoms. The van der Waals surface area contributed by atoms with Crippen LogP contribution in [0.5, 0.6) is 0 Å². The van der Waals surface area contributed by atoms with E-state index < -0.39 is 0 Å². The number of nitrogens with zero attached hydrogens (tertiary/aromatic N) is 2. The molecule has 0 spiro atoms. The molecule has 1 aromatic heterocycles. The van der Waals surface area contributed by atoms with Crippen LogP contribution in [0.25, 0.3) is 0 Å². The monoisotopic (exact) mass is 303 g/mol. The minimum Gasteiger partial charge on any atom is -0.370 e. The summed E-state index contributed by atoms with van der Waals surface area (Å²) >= 11 is 6.22. The Morgan fingerprint density at radius 3 is 2.57 bits per heavy atom. The van der Waals surface area contributed by atoms with Crippen LogP contribution in [0.1, 0.15) is 42.9 Å². The fourth-order valence-corrected chi connectivity index (χ4v) is 2.56. The molecule has 0 saturated carbocycles. The molecule has 1 N–H and O–H groups in total. The van der Waals surface area contributed by atoms with Crippen molar-refractivity contribution in [3.05, 3.63) is 51.9 Å². The summed E-state index contributed by atoms with van der Waals surface area (Å²) in [4.78, 5) is 9.34. The predicted molar refractivity (Wildman–Crippen MR) is 89.2 cm³/mol. The molecule has 0 amide bonds. The first-order valence-electron chi connectivity index (χ1n) is 7.49. The van der Waals surface area contributed by atoms with Crippen LogP contribution in [0.3, 0.4) is 0 Å². The molecule has 0 radical (unpaired) electrons. The Labute approximate surface area is 131 Å². The summed E-state index contributed by atoms with van der Waals surface area (Å²) in [6.45, 7) is 7.26. The van der Waals surface area contributed by atoms with Crippen molar-refractivity contribution in [1.29, 1.82) is 0 Å². The third kappa shape index (κ3) is 3.94. The summed E-state index contributed by atoms with van der Waals surface area (Å²) in [5.74, 6) is 1.78. The zero-order valence-electron chi connectivity index (χ0n) is 12.9. The number of rotatable bonds is 6. The highest BCUT2D eigenvalue weighted by molar-refractivity contribution is 6.31. The summed E-state index contributed by atoms with van der Waals surface area (Å²) in [5, 5.41) is 4.18. The number of hydrogen-bond acceptors (Lipinski definition) is 3. The molecule has 0 aliphatic heterocycles.